The maximum Gasteiger partial charge on any atom is 0.130 e. The Labute approximate surface area is 116 Å². The summed E-state index contributed by atoms with van der Waals surface area (Å²) in [6.45, 7) is 6.12. The van der Waals surface area contributed by atoms with E-state index in [1.165, 1.54) is 11.1 Å². The molecule has 18 heavy (non-hydrogen) atoms. The summed E-state index contributed by atoms with van der Waals surface area (Å²) in [5, 5.41) is 3.29. The van der Waals surface area contributed by atoms with E-state index in [4.69, 9.17) is 5.73 Å². The van der Waals surface area contributed by atoms with E-state index in [-0.39, 0.29) is 0 Å². The summed E-state index contributed by atoms with van der Waals surface area (Å²) in [4.78, 5) is 4.27. The molecule has 0 aliphatic heterocycles. The van der Waals surface area contributed by atoms with Gasteiger partial charge in [-0.05, 0) is 55.7 Å². The molecule has 0 aliphatic carbocycles. The lowest BCUT2D eigenvalue weighted by Gasteiger charge is -2.11. The van der Waals surface area contributed by atoms with Gasteiger partial charge in [-0.1, -0.05) is 15.9 Å². The maximum atomic E-state index is 5.75. The van der Waals surface area contributed by atoms with Crippen LogP contribution in [0.4, 0.5) is 17.2 Å². The molecule has 1 aromatic heterocycles. The number of nitrogens with zero attached hydrogens (tertiary/aromatic N) is 1. The molecular weight excluding hydrogens is 290 g/mol. The van der Waals surface area contributed by atoms with Crippen LogP contribution in [0.15, 0.2) is 28.9 Å². The zero-order chi connectivity index (χ0) is 13.3. The van der Waals surface area contributed by atoms with Gasteiger partial charge in [0, 0.05) is 10.2 Å². The first kappa shape index (κ1) is 12.9. The zero-order valence-corrected chi connectivity index (χ0v) is 12.3. The SMILES string of the molecule is Cc1cc(Nc2cc(C)c(Br)c(C)c2)ncc1N. The Kier molecular flexibility index (Phi) is 3.57. The maximum absolute atomic E-state index is 5.75. The van der Waals surface area contributed by atoms with E-state index in [1.54, 1.807) is 6.20 Å². The highest BCUT2D eigenvalue weighted by Crippen LogP contribution is 2.27. The van der Waals surface area contributed by atoms with Crippen LogP contribution >= 0.6 is 15.9 Å². The number of nitrogens with one attached hydrogen (secondary N) is 1. The van der Waals surface area contributed by atoms with Crippen molar-refractivity contribution in [3.8, 4) is 0 Å². The van der Waals surface area contributed by atoms with E-state index in [0.717, 1.165) is 21.5 Å². The normalized spacial score (nSPS) is 10.4. The van der Waals surface area contributed by atoms with Crippen molar-refractivity contribution in [2.24, 2.45) is 0 Å². The Bertz CT molecular complexity index is 571. The number of nitrogen functional groups attached to an aromatic ring is 1. The fourth-order valence-electron chi connectivity index (χ4n) is 1.80. The van der Waals surface area contributed by atoms with Crippen LogP contribution in [-0.2, 0) is 0 Å². The quantitative estimate of drug-likeness (QED) is 0.878. The summed E-state index contributed by atoms with van der Waals surface area (Å²) in [6.07, 6.45) is 1.68. The van der Waals surface area contributed by atoms with Crippen molar-refractivity contribution in [1.82, 2.24) is 4.98 Å². The molecule has 0 fully saturated rings. The molecule has 0 amide bonds. The first-order valence-corrected chi connectivity index (χ1v) is 6.52. The van der Waals surface area contributed by atoms with Crippen molar-refractivity contribution in [1.29, 1.82) is 0 Å². The highest BCUT2D eigenvalue weighted by atomic mass is 79.9. The summed E-state index contributed by atoms with van der Waals surface area (Å²) >= 11 is 3.56. The van der Waals surface area contributed by atoms with Gasteiger partial charge in [0.2, 0.25) is 0 Å². The number of aryl methyl sites for hydroxylation is 3. The number of aromatic nitrogens is 1. The first-order valence-electron chi connectivity index (χ1n) is 5.73. The molecule has 0 saturated heterocycles. The van der Waals surface area contributed by atoms with Gasteiger partial charge < -0.3 is 11.1 Å². The lowest BCUT2D eigenvalue weighted by atomic mass is 10.1. The molecule has 0 atom stereocenters. The smallest absolute Gasteiger partial charge is 0.130 e. The minimum atomic E-state index is 0.712. The second-order valence-electron chi connectivity index (χ2n) is 4.48. The Hall–Kier alpha value is -1.55. The molecule has 4 heteroatoms. The third-order valence-electron chi connectivity index (χ3n) is 2.86. The van der Waals surface area contributed by atoms with Gasteiger partial charge in [-0.3, -0.25) is 0 Å². The van der Waals surface area contributed by atoms with Crippen LogP contribution in [0.2, 0.25) is 0 Å². The lowest BCUT2D eigenvalue weighted by Crippen LogP contribution is -1.98. The second-order valence-corrected chi connectivity index (χ2v) is 5.27. The third kappa shape index (κ3) is 2.64. The largest absolute Gasteiger partial charge is 0.397 e. The molecule has 0 saturated carbocycles. The van der Waals surface area contributed by atoms with Crippen LogP contribution < -0.4 is 11.1 Å². The Morgan fingerprint density at radius 2 is 1.67 bits per heavy atom. The van der Waals surface area contributed by atoms with Crippen molar-refractivity contribution >= 4 is 33.1 Å². The summed E-state index contributed by atoms with van der Waals surface area (Å²) in [6, 6.07) is 6.12. The molecule has 0 spiro atoms. The van der Waals surface area contributed by atoms with Gasteiger partial charge in [-0.2, -0.15) is 0 Å². The number of benzene rings is 1. The van der Waals surface area contributed by atoms with Gasteiger partial charge in [0.1, 0.15) is 5.82 Å². The molecule has 1 aromatic carbocycles. The highest BCUT2D eigenvalue weighted by molar-refractivity contribution is 9.10. The Balaban J connectivity index is 2.31. The highest BCUT2D eigenvalue weighted by Gasteiger charge is 2.04. The summed E-state index contributed by atoms with van der Waals surface area (Å²) in [7, 11) is 0. The van der Waals surface area contributed by atoms with Crippen molar-refractivity contribution in [3.63, 3.8) is 0 Å². The van der Waals surface area contributed by atoms with Crippen molar-refractivity contribution in [2.75, 3.05) is 11.1 Å². The topological polar surface area (TPSA) is 50.9 Å². The number of halogens is 1. The molecular formula is C14H16BrN3. The average molecular weight is 306 g/mol. The van der Waals surface area contributed by atoms with Gasteiger partial charge in [0.05, 0.1) is 11.9 Å². The monoisotopic (exact) mass is 305 g/mol. The third-order valence-corrected chi connectivity index (χ3v) is 4.11. The van der Waals surface area contributed by atoms with E-state index in [2.05, 4.69) is 52.2 Å². The summed E-state index contributed by atoms with van der Waals surface area (Å²) in [5.74, 6) is 0.808. The van der Waals surface area contributed by atoms with Crippen molar-refractivity contribution in [3.05, 3.63) is 45.6 Å². The molecule has 0 bridgehead atoms. The summed E-state index contributed by atoms with van der Waals surface area (Å²) < 4.78 is 1.15. The van der Waals surface area contributed by atoms with Crippen molar-refractivity contribution < 1.29 is 0 Å². The van der Waals surface area contributed by atoms with E-state index in [0.29, 0.717) is 5.69 Å². The van der Waals surface area contributed by atoms with Crippen LogP contribution in [0.5, 0.6) is 0 Å². The lowest BCUT2D eigenvalue weighted by molar-refractivity contribution is 1.26. The predicted octanol–water partition coefficient (Wildman–Crippen LogP) is 4.10. The fourth-order valence-corrected chi connectivity index (χ4v) is 2.03. The molecule has 1 heterocycles. The van der Waals surface area contributed by atoms with Gasteiger partial charge in [-0.15, -0.1) is 0 Å². The minimum absolute atomic E-state index is 0.712. The molecule has 2 rings (SSSR count). The van der Waals surface area contributed by atoms with Crippen LogP contribution in [0, 0.1) is 20.8 Å². The van der Waals surface area contributed by atoms with Gasteiger partial charge in [0.25, 0.3) is 0 Å². The van der Waals surface area contributed by atoms with E-state index < -0.39 is 0 Å². The number of pyridine rings is 1. The summed E-state index contributed by atoms with van der Waals surface area (Å²) in [5.41, 5.74) is 10.9. The standard InChI is InChI=1S/C14H16BrN3/c1-8-6-13(17-7-12(8)16)18-11-4-9(2)14(15)10(3)5-11/h4-7H,16H2,1-3H3,(H,17,18). The predicted molar refractivity (Wildman–Crippen MR) is 80.3 cm³/mol. The zero-order valence-electron chi connectivity index (χ0n) is 10.7. The molecule has 2 aromatic rings. The second kappa shape index (κ2) is 4.98. The van der Waals surface area contributed by atoms with Crippen LogP contribution in [0.1, 0.15) is 16.7 Å². The number of hydrogen-bond donors (Lipinski definition) is 2. The minimum Gasteiger partial charge on any atom is -0.397 e. The number of rotatable bonds is 2. The molecule has 0 radical (unpaired) electrons. The fraction of sp³-hybridized carbons (Fsp3) is 0.214. The van der Waals surface area contributed by atoms with Crippen molar-refractivity contribution in [2.45, 2.75) is 20.8 Å². The van der Waals surface area contributed by atoms with E-state index >= 15 is 0 Å². The number of hydrogen-bond acceptors (Lipinski definition) is 3. The first-order chi connectivity index (χ1) is 8.47. The number of nitrogens with two attached hydrogens (primary N) is 1. The van der Waals surface area contributed by atoms with Crippen LogP contribution in [-0.4, -0.2) is 4.98 Å². The molecule has 0 unspecified atom stereocenters. The van der Waals surface area contributed by atoms with E-state index in [1.807, 2.05) is 13.0 Å². The number of anilines is 3. The van der Waals surface area contributed by atoms with Gasteiger partial charge >= 0.3 is 0 Å². The molecule has 3 nitrogen and oxygen atoms in total. The van der Waals surface area contributed by atoms with E-state index in [9.17, 15) is 0 Å². The Morgan fingerprint density at radius 1 is 1.06 bits per heavy atom. The Morgan fingerprint density at radius 3 is 2.22 bits per heavy atom. The average Bonchev–Trinajstić information content (AvgIpc) is 2.31. The molecule has 94 valence electrons. The van der Waals surface area contributed by atoms with Gasteiger partial charge in [-0.25, -0.2) is 4.98 Å². The van der Waals surface area contributed by atoms with Crippen LogP contribution in [0.3, 0.4) is 0 Å². The molecule has 3 N–H and O–H groups in total. The van der Waals surface area contributed by atoms with Crippen LogP contribution in [0.25, 0.3) is 0 Å². The molecule has 0 aliphatic rings. The van der Waals surface area contributed by atoms with Gasteiger partial charge in [0.15, 0.2) is 0 Å².